The van der Waals surface area contributed by atoms with Gasteiger partial charge in [-0.1, -0.05) is 64.1 Å². The van der Waals surface area contributed by atoms with Gasteiger partial charge in [-0.25, -0.2) is 19.6 Å². The Morgan fingerprint density at radius 2 is 1.19 bits per heavy atom. The van der Waals surface area contributed by atoms with E-state index in [2.05, 4.69) is 57.0 Å². The van der Waals surface area contributed by atoms with Gasteiger partial charge in [0.25, 0.3) is 0 Å². The predicted molar refractivity (Wildman–Crippen MR) is 215 cm³/mol. The Kier molecular flexibility index (Phi) is 11.4. The number of aromatic nitrogens is 4. The summed E-state index contributed by atoms with van der Waals surface area (Å²) >= 11 is 0. The van der Waals surface area contributed by atoms with Crippen LogP contribution in [0.5, 0.6) is 0 Å². The highest BCUT2D eigenvalue weighted by atomic mass is 16.5. The van der Waals surface area contributed by atoms with Crippen molar-refractivity contribution in [2.75, 3.05) is 27.3 Å². The van der Waals surface area contributed by atoms with Gasteiger partial charge in [-0.15, -0.1) is 0 Å². The van der Waals surface area contributed by atoms with Crippen LogP contribution in [0.3, 0.4) is 0 Å². The molecule has 2 fully saturated rings. The zero-order valence-corrected chi connectivity index (χ0v) is 33.3. The number of amides is 4. The van der Waals surface area contributed by atoms with Crippen LogP contribution in [-0.4, -0.2) is 99.3 Å². The highest BCUT2D eigenvalue weighted by Gasteiger charge is 2.39. The van der Waals surface area contributed by atoms with Crippen molar-refractivity contribution in [1.82, 2.24) is 40.4 Å². The molecule has 15 nitrogen and oxygen atoms in total. The number of nitrogens with zero attached hydrogens (tertiary/aromatic N) is 5. The molecule has 4 N–H and O–H groups in total. The van der Waals surface area contributed by atoms with Crippen molar-refractivity contribution >= 4 is 35.9 Å². The third-order valence-corrected chi connectivity index (χ3v) is 11.3. The Hall–Kier alpha value is -5.99. The Morgan fingerprint density at radius 1 is 0.702 bits per heavy atom. The first-order chi connectivity index (χ1) is 27.5. The summed E-state index contributed by atoms with van der Waals surface area (Å²) in [5.41, 5.74) is 7.75. The second kappa shape index (κ2) is 16.6. The molecular weight excluding hydrogens is 727 g/mol. The lowest BCUT2D eigenvalue weighted by Gasteiger charge is -2.30. The summed E-state index contributed by atoms with van der Waals surface area (Å²) in [4.78, 5) is 76.0. The lowest BCUT2D eigenvalue weighted by Crippen LogP contribution is -2.51. The van der Waals surface area contributed by atoms with Crippen molar-refractivity contribution in [3.8, 4) is 33.6 Å². The van der Waals surface area contributed by atoms with E-state index in [-0.39, 0.29) is 35.7 Å². The van der Waals surface area contributed by atoms with Crippen LogP contribution in [0.15, 0.2) is 53.8 Å². The first kappa shape index (κ1) is 39.3. The normalized spacial score (nSPS) is 18.5. The third kappa shape index (κ3) is 7.87. The second-order valence-corrected chi connectivity index (χ2v) is 15.5. The molecule has 4 amide bonds. The molecule has 15 heteroatoms. The van der Waals surface area contributed by atoms with Gasteiger partial charge in [0.1, 0.15) is 23.7 Å². The van der Waals surface area contributed by atoms with E-state index in [9.17, 15) is 19.2 Å². The van der Waals surface area contributed by atoms with E-state index < -0.39 is 24.3 Å². The van der Waals surface area contributed by atoms with E-state index in [1.807, 2.05) is 49.9 Å². The number of fused-ring (bicyclic) bond motifs is 1. The predicted octanol–water partition coefficient (Wildman–Crippen LogP) is 6.48. The van der Waals surface area contributed by atoms with Gasteiger partial charge in [-0.05, 0) is 59.8 Å². The monoisotopic (exact) mass is 777 g/mol. The van der Waals surface area contributed by atoms with Crippen LogP contribution in [0.25, 0.3) is 33.6 Å². The molecule has 0 bridgehead atoms. The molecule has 3 aliphatic heterocycles. The van der Waals surface area contributed by atoms with E-state index >= 15 is 0 Å². The molecule has 0 spiro atoms. The van der Waals surface area contributed by atoms with Gasteiger partial charge in [-0.3, -0.25) is 14.6 Å². The van der Waals surface area contributed by atoms with E-state index in [0.29, 0.717) is 25.3 Å². The standard InChI is InChI=1S/C42H51N9O6/c1-23(2)34(48-41(54)56-5)39(52)50-19-7-9-32(50)37-44-21-30(46-37)26-13-11-25(12-14-26)27-15-16-29(36-28(27)17-18-43-36)31-22-45-38(47-31)33-10-8-20-51(33)40(53)35(24(3)4)49-42(55)57-6/h11-16,18,21-24,32-35H,7-10,17,19-20H2,1-6H3,(H,44,46)(H,45,47)(H,48,54)(H,49,55)/t32-,33-,34-,35-/m0/s1. The number of hydrogen-bond acceptors (Lipinski definition) is 9. The van der Waals surface area contributed by atoms with E-state index in [0.717, 1.165) is 76.4 Å². The smallest absolute Gasteiger partial charge is 0.407 e. The summed E-state index contributed by atoms with van der Waals surface area (Å²) in [5.74, 6) is 0.901. The molecule has 0 radical (unpaired) electrons. The average molecular weight is 778 g/mol. The number of carbonyl (C=O) groups is 4. The fraction of sp³-hybridized carbons (Fsp3) is 0.452. The molecule has 300 valence electrons. The van der Waals surface area contributed by atoms with Crippen molar-refractivity contribution in [2.45, 2.75) is 84.0 Å². The molecular formula is C42H51N9O6. The Labute approximate surface area is 332 Å². The van der Waals surface area contributed by atoms with Crippen LogP contribution >= 0.6 is 0 Å². The van der Waals surface area contributed by atoms with Crippen molar-refractivity contribution in [2.24, 2.45) is 16.8 Å². The Bertz CT molecular complexity index is 2160. The molecule has 57 heavy (non-hydrogen) atoms. The van der Waals surface area contributed by atoms with Crippen LogP contribution < -0.4 is 10.6 Å². The van der Waals surface area contributed by atoms with E-state index in [1.54, 1.807) is 6.20 Å². The lowest BCUT2D eigenvalue weighted by atomic mass is 9.93. The zero-order valence-electron chi connectivity index (χ0n) is 33.3. The molecule has 7 rings (SSSR count). The summed E-state index contributed by atoms with van der Waals surface area (Å²) in [5, 5.41) is 5.40. The third-order valence-electron chi connectivity index (χ3n) is 11.3. The number of rotatable bonds is 11. The van der Waals surface area contributed by atoms with Crippen molar-refractivity contribution in [3.63, 3.8) is 0 Å². The molecule has 2 aromatic carbocycles. The highest BCUT2D eigenvalue weighted by Crippen LogP contribution is 2.42. The minimum atomic E-state index is -0.703. The van der Waals surface area contributed by atoms with Gasteiger partial charge in [0.2, 0.25) is 11.8 Å². The first-order valence-corrected chi connectivity index (χ1v) is 19.7. The topological polar surface area (TPSA) is 187 Å². The summed E-state index contributed by atoms with van der Waals surface area (Å²) in [6, 6.07) is 10.7. The highest BCUT2D eigenvalue weighted by molar-refractivity contribution is 5.92. The van der Waals surface area contributed by atoms with Gasteiger partial charge in [0.05, 0.1) is 55.8 Å². The molecule has 0 aliphatic carbocycles. The number of aliphatic imine (C=N–C) groups is 1. The number of imidazole rings is 2. The number of aromatic amines is 2. The fourth-order valence-corrected chi connectivity index (χ4v) is 8.22. The van der Waals surface area contributed by atoms with Crippen LogP contribution in [0.1, 0.15) is 82.7 Å². The summed E-state index contributed by atoms with van der Waals surface area (Å²) in [7, 11) is 2.58. The van der Waals surface area contributed by atoms with Gasteiger partial charge < -0.3 is 39.9 Å². The average Bonchev–Trinajstić information content (AvgIpc) is 4.07. The first-order valence-electron chi connectivity index (χ1n) is 19.7. The molecule has 0 saturated carbocycles. The van der Waals surface area contributed by atoms with Gasteiger partial charge in [0, 0.05) is 31.3 Å². The maximum Gasteiger partial charge on any atom is 0.407 e. The fourth-order valence-electron chi connectivity index (χ4n) is 8.22. The Balaban J connectivity index is 1.07. The van der Waals surface area contributed by atoms with Crippen molar-refractivity contribution in [1.29, 1.82) is 0 Å². The number of carbonyl (C=O) groups excluding carboxylic acids is 4. The molecule has 4 aromatic rings. The lowest BCUT2D eigenvalue weighted by molar-refractivity contribution is -0.136. The van der Waals surface area contributed by atoms with Gasteiger partial charge in [-0.2, -0.15) is 0 Å². The molecule has 3 aliphatic rings. The molecule has 2 aromatic heterocycles. The minimum absolute atomic E-state index is 0.111. The number of likely N-dealkylation sites (tertiary alicyclic amines) is 2. The maximum absolute atomic E-state index is 13.7. The summed E-state index contributed by atoms with van der Waals surface area (Å²) in [6.45, 7) is 8.77. The van der Waals surface area contributed by atoms with Crippen molar-refractivity contribution < 1.29 is 28.7 Å². The summed E-state index contributed by atoms with van der Waals surface area (Å²) < 4.78 is 9.54. The van der Waals surface area contributed by atoms with E-state index in [4.69, 9.17) is 24.4 Å². The van der Waals surface area contributed by atoms with Gasteiger partial charge >= 0.3 is 12.2 Å². The van der Waals surface area contributed by atoms with E-state index in [1.165, 1.54) is 14.2 Å². The SMILES string of the molecule is COC(=O)N[C@H](C(=O)N1CCC[C@H]1c1ncc(-c2ccc(-c3ccc(-c4cnc([C@@H]5CCCN5C(=O)[C@@H](NC(=O)OC)C(C)C)[nH]4)c4c3CC=N4)cc2)[nH]1)C(C)C. The maximum atomic E-state index is 13.7. The number of alkyl carbamates (subject to hydrolysis) is 2. The number of H-pyrrole nitrogens is 2. The van der Waals surface area contributed by atoms with Crippen LogP contribution in [0.2, 0.25) is 0 Å². The van der Waals surface area contributed by atoms with Crippen LogP contribution in [-0.2, 0) is 25.5 Å². The molecule has 5 heterocycles. The molecule has 4 atom stereocenters. The number of nitrogens with one attached hydrogen (secondary N) is 4. The number of benzene rings is 2. The second-order valence-electron chi connectivity index (χ2n) is 15.5. The molecule has 0 unspecified atom stereocenters. The summed E-state index contributed by atoms with van der Waals surface area (Å²) in [6.07, 6.45) is 8.20. The van der Waals surface area contributed by atoms with Gasteiger partial charge in [0.15, 0.2) is 0 Å². The van der Waals surface area contributed by atoms with Crippen molar-refractivity contribution in [3.05, 3.63) is 66.0 Å². The largest absolute Gasteiger partial charge is 0.453 e. The Morgan fingerprint density at radius 3 is 1.72 bits per heavy atom. The zero-order chi connectivity index (χ0) is 40.4. The quantitative estimate of drug-likeness (QED) is 0.133. The number of ether oxygens (including phenoxy) is 2. The van der Waals surface area contributed by atoms with Crippen LogP contribution in [0, 0.1) is 11.8 Å². The van der Waals surface area contributed by atoms with Crippen LogP contribution in [0.4, 0.5) is 15.3 Å². The number of hydrogen-bond donors (Lipinski definition) is 4. The minimum Gasteiger partial charge on any atom is -0.453 e. The molecule has 2 saturated heterocycles. The number of methoxy groups -OCH3 is 2.